The molecule has 0 aliphatic carbocycles. The molecule has 6 nitrogen and oxygen atoms in total. The fourth-order valence-electron chi connectivity index (χ4n) is 2.43. The molecule has 0 aliphatic rings. The largest absolute Gasteiger partial charge is 0.319 e. The number of halogens is 2. The highest BCUT2D eigenvalue weighted by atomic mass is 35.5. The van der Waals surface area contributed by atoms with Crippen LogP contribution in [0.1, 0.15) is 16.2 Å². The van der Waals surface area contributed by atoms with Crippen LogP contribution in [-0.2, 0) is 10.0 Å². The molecule has 1 aromatic heterocycles. The number of benzene rings is 2. The van der Waals surface area contributed by atoms with E-state index in [0.717, 1.165) is 12.1 Å². The number of rotatable bonds is 5. The summed E-state index contributed by atoms with van der Waals surface area (Å²) in [5.41, 5.74) is 0.955. The minimum atomic E-state index is -4.22. The zero-order valence-corrected chi connectivity index (χ0v) is 16.2. The molecule has 2 aromatic carbocycles. The standard InChI is InChI=1S/C19H15ClFN3O3S/c1-12-5-4-7-16(22-12)19(25)23-17-11-13(20)9-10-15(17)24-28(26,27)18-8-3-2-6-14(18)21/h2-11,24H,1H3,(H,23,25). The van der Waals surface area contributed by atoms with E-state index in [1.165, 1.54) is 36.4 Å². The number of aryl methyl sites for hydroxylation is 1. The molecule has 2 N–H and O–H groups in total. The van der Waals surface area contributed by atoms with Gasteiger partial charge in [0.2, 0.25) is 0 Å². The number of hydrogen-bond donors (Lipinski definition) is 2. The van der Waals surface area contributed by atoms with Gasteiger partial charge in [0.25, 0.3) is 15.9 Å². The van der Waals surface area contributed by atoms with Crippen LogP contribution in [-0.4, -0.2) is 19.3 Å². The number of nitrogens with one attached hydrogen (secondary N) is 2. The predicted molar refractivity (Wildman–Crippen MR) is 106 cm³/mol. The van der Waals surface area contributed by atoms with Crippen LogP contribution in [0.5, 0.6) is 0 Å². The summed E-state index contributed by atoms with van der Waals surface area (Å²) in [5.74, 6) is -1.43. The molecule has 0 fully saturated rings. The van der Waals surface area contributed by atoms with Crippen molar-refractivity contribution in [2.45, 2.75) is 11.8 Å². The van der Waals surface area contributed by atoms with Gasteiger partial charge in [0.1, 0.15) is 16.4 Å². The number of aromatic nitrogens is 1. The highest BCUT2D eigenvalue weighted by Gasteiger charge is 2.21. The van der Waals surface area contributed by atoms with E-state index in [4.69, 9.17) is 11.6 Å². The molecule has 28 heavy (non-hydrogen) atoms. The molecule has 3 rings (SSSR count). The van der Waals surface area contributed by atoms with Crippen LogP contribution in [0.2, 0.25) is 5.02 Å². The lowest BCUT2D eigenvalue weighted by Crippen LogP contribution is -2.18. The number of pyridine rings is 1. The minimum absolute atomic E-state index is 0.0358. The van der Waals surface area contributed by atoms with Gasteiger partial charge in [0, 0.05) is 10.7 Å². The lowest BCUT2D eigenvalue weighted by atomic mass is 10.2. The van der Waals surface area contributed by atoms with Gasteiger partial charge in [-0.1, -0.05) is 29.8 Å². The number of amides is 1. The second-order valence-electron chi connectivity index (χ2n) is 5.84. The first-order chi connectivity index (χ1) is 13.3. The first kappa shape index (κ1) is 19.8. The molecule has 1 amide bonds. The molecule has 0 saturated carbocycles. The first-order valence-electron chi connectivity index (χ1n) is 8.08. The lowest BCUT2D eigenvalue weighted by Gasteiger charge is -2.14. The molecule has 1 heterocycles. The van der Waals surface area contributed by atoms with Crippen molar-refractivity contribution < 1.29 is 17.6 Å². The van der Waals surface area contributed by atoms with Crippen molar-refractivity contribution >= 4 is 38.9 Å². The molecule has 3 aromatic rings. The quantitative estimate of drug-likeness (QED) is 0.647. The number of hydrogen-bond acceptors (Lipinski definition) is 4. The zero-order valence-electron chi connectivity index (χ0n) is 14.6. The fourth-order valence-corrected chi connectivity index (χ4v) is 3.76. The molecule has 9 heteroatoms. The monoisotopic (exact) mass is 419 g/mol. The van der Waals surface area contributed by atoms with Crippen molar-refractivity contribution in [2.75, 3.05) is 10.0 Å². The van der Waals surface area contributed by atoms with E-state index in [1.807, 2.05) is 0 Å². The van der Waals surface area contributed by atoms with E-state index in [-0.39, 0.29) is 22.1 Å². The summed E-state index contributed by atoms with van der Waals surface area (Å²) < 4.78 is 41.3. The Labute approximate surface area is 166 Å². The fraction of sp³-hybridized carbons (Fsp3) is 0.0526. The van der Waals surface area contributed by atoms with E-state index in [2.05, 4.69) is 15.0 Å². The Balaban J connectivity index is 1.93. The van der Waals surface area contributed by atoms with Gasteiger partial charge in [-0.3, -0.25) is 9.52 Å². The van der Waals surface area contributed by atoms with Gasteiger partial charge in [0.05, 0.1) is 11.4 Å². The second-order valence-corrected chi connectivity index (χ2v) is 7.93. The van der Waals surface area contributed by atoms with Gasteiger partial charge in [-0.05, 0) is 49.4 Å². The van der Waals surface area contributed by atoms with Crippen molar-refractivity contribution in [2.24, 2.45) is 0 Å². The average Bonchev–Trinajstić information content (AvgIpc) is 2.64. The van der Waals surface area contributed by atoms with Crippen molar-refractivity contribution in [1.29, 1.82) is 0 Å². The second kappa shape index (κ2) is 7.95. The predicted octanol–water partition coefficient (Wildman–Crippen LogP) is 4.24. The molecule has 0 aliphatic heterocycles. The summed E-state index contributed by atoms with van der Waals surface area (Å²) in [7, 11) is -4.22. The van der Waals surface area contributed by atoms with Gasteiger partial charge < -0.3 is 5.32 Å². The number of anilines is 2. The normalized spacial score (nSPS) is 11.1. The topological polar surface area (TPSA) is 88.2 Å². The summed E-state index contributed by atoms with van der Waals surface area (Å²) in [6.45, 7) is 1.74. The maximum Gasteiger partial charge on any atom is 0.274 e. The van der Waals surface area contributed by atoms with E-state index >= 15 is 0 Å². The third-order valence-corrected chi connectivity index (χ3v) is 5.36. The van der Waals surface area contributed by atoms with Crippen molar-refractivity contribution in [3.05, 3.63) is 82.9 Å². The molecule has 0 spiro atoms. The van der Waals surface area contributed by atoms with Crippen LogP contribution < -0.4 is 10.0 Å². The Morgan fingerprint density at radius 1 is 1.04 bits per heavy atom. The van der Waals surface area contributed by atoms with Crippen molar-refractivity contribution in [1.82, 2.24) is 4.98 Å². The summed E-state index contributed by atoms with van der Waals surface area (Å²) in [4.78, 5) is 16.1. The van der Waals surface area contributed by atoms with Gasteiger partial charge >= 0.3 is 0 Å². The molecule has 0 atom stereocenters. The van der Waals surface area contributed by atoms with E-state index in [0.29, 0.717) is 5.69 Å². The molecule has 144 valence electrons. The molecule has 0 radical (unpaired) electrons. The molecular weight excluding hydrogens is 405 g/mol. The third-order valence-electron chi connectivity index (χ3n) is 3.72. The van der Waals surface area contributed by atoms with Crippen molar-refractivity contribution in [3.8, 4) is 0 Å². The first-order valence-corrected chi connectivity index (χ1v) is 9.94. The van der Waals surface area contributed by atoms with Crippen LogP contribution in [0.25, 0.3) is 0 Å². The van der Waals surface area contributed by atoms with Gasteiger partial charge in [0.15, 0.2) is 0 Å². The Morgan fingerprint density at radius 2 is 1.79 bits per heavy atom. The van der Waals surface area contributed by atoms with E-state index in [1.54, 1.807) is 19.1 Å². The smallest absolute Gasteiger partial charge is 0.274 e. The lowest BCUT2D eigenvalue weighted by molar-refractivity contribution is 0.102. The van der Waals surface area contributed by atoms with Crippen LogP contribution in [0.15, 0.2) is 65.6 Å². The average molecular weight is 420 g/mol. The van der Waals surface area contributed by atoms with E-state index in [9.17, 15) is 17.6 Å². The van der Waals surface area contributed by atoms with E-state index < -0.39 is 26.6 Å². The Bertz CT molecular complexity index is 1150. The van der Waals surface area contributed by atoms with Crippen molar-refractivity contribution in [3.63, 3.8) is 0 Å². The molecule has 0 saturated heterocycles. The zero-order chi connectivity index (χ0) is 20.3. The molecule has 0 unspecified atom stereocenters. The SMILES string of the molecule is Cc1cccc(C(=O)Nc2cc(Cl)ccc2NS(=O)(=O)c2ccccc2F)n1. The summed E-state index contributed by atoms with van der Waals surface area (Å²) in [5, 5.41) is 2.86. The number of carbonyl (C=O) groups excluding carboxylic acids is 1. The Hall–Kier alpha value is -2.97. The minimum Gasteiger partial charge on any atom is -0.319 e. The number of sulfonamides is 1. The number of nitrogens with zero attached hydrogens (tertiary/aromatic N) is 1. The maximum atomic E-state index is 13.9. The van der Waals surface area contributed by atoms with Crippen LogP contribution in [0.4, 0.5) is 15.8 Å². The Morgan fingerprint density at radius 3 is 2.50 bits per heavy atom. The highest BCUT2D eigenvalue weighted by Crippen LogP contribution is 2.29. The third kappa shape index (κ3) is 4.47. The molecule has 0 bridgehead atoms. The Kier molecular flexibility index (Phi) is 5.62. The van der Waals surface area contributed by atoms with Crippen LogP contribution >= 0.6 is 11.6 Å². The van der Waals surface area contributed by atoms with Gasteiger partial charge in [-0.15, -0.1) is 0 Å². The summed E-state index contributed by atoms with van der Waals surface area (Å²) >= 11 is 5.98. The van der Waals surface area contributed by atoms with Gasteiger partial charge in [-0.25, -0.2) is 17.8 Å². The highest BCUT2D eigenvalue weighted by molar-refractivity contribution is 7.92. The molecular formula is C19H15ClFN3O3S. The summed E-state index contributed by atoms with van der Waals surface area (Å²) in [6.07, 6.45) is 0. The summed E-state index contributed by atoms with van der Waals surface area (Å²) in [6, 6.07) is 14.1. The number of carbonyl (C=O) groups is 1. The van der Waals surface area contributed by atoms with Crippen LogP contribution in [0.3, 0.4) is 0 Å². The van der Waals surface area contributed by atoms with Gasteiger partial charge in [-0.2, -0.15) is 0 Å². The maximum absolute atomic E-state index is 13.9. The van der Waals surface area contributed by atoms with Crippen LogP contribution in [0, 0.1) is 12.7 Å².